The number of rotatable bonds is 6. The summed E-state index contributed by atoms with van der Waals surface area (Å²) in [6.45, 7) is 2.37. The van der Waals surface area contributed by atoms with Gasteiger partial charge in [0.25, 0.3) is 0 Å². The number of nitrogens with zero attached hydrogens (tertiary/aromatic N) is 1. The normalized spacial score (nSPS) is 25.7. The predicted molar refractivity (Wildman–Crippen MR) is 76.6 cm³/mol. The Labute approximate surface area is 117 Å². The van der Waals surface area contributed by atoms with Gasteiger partial charge >= 0.3 is 0 Å². The Morgan fingerprint density at radius 1 is 1.22 bits per heavy atom. The minimum absolute atomic E-state index is 0. The Kier molecular flexibility index (Phi) is 6.38. The van der Waals surface area contributed by atoms with Crippen molar-refractivity contribution in [2.45, 2.75) is 32.1 Å². The lowest BCUT2D eigenvalue weighted by Gasteiger charge is -2.31. The topological polar surface area (TPSA) is 49.4 Å². The molecule has 2 fully saturated rings. The van der Waals surface area contributed by atoms with Gasteiger partial charge in [-0.3, -0.25) is 0 Å². The van der Waals surface area contributed by atoms with E-state index < -0.39 is 10.0 Å². The summed E-state index contributed by atoms with van der Waals surface area (Å²) >= 11 is 0. The van der Waals surface area contributed by atoms with Crippen LogP contribution in [0.4, 0.5) is 0 Å². The monoisotopic (exact) mass is 296 g/mol. The fourth-order valence-corrected chi connectivity index (χ4v) is 4.32. The highest BCUT2D eigenvalue weighted by Crippen LogP contribution is 2.33. The minimum atomic E-state index is -2.98. The van der Waals surface area contributed by atoms with Crippen LogP contribution in [0.3, 0.4) is 0 Å². The molecule has 6 heteroatoms. The first-order chi connectivity index (χ1) is 8.12. The third-order valence-corrected chi connectivity index (χ3v) is 5.72. The lowest BCUT2D eigenvalue weighted by Crippen LogP contribution is -2.43. The van der Waals surface area contributed by atoms with Gasteiger partial charge in [-0.1, -0.05) is 12.8 Å². The Morgan fingerprint density at radius 2 is 1.94 bits per heavy atom. The van der Waals surface area contributed by atoms with E-state index in [2.05, 4.69) is 5.32 Å². The summed E-state index contributed by atoms with van der Waals surface area (Å²) in [5.74, 6) is 1.55. The molecule has 1 unspecified atom stereocenters. The molecule has 0 bridgehead atoms. The second kappa shape index (κ2) is 7.08. The van der Waals surface area contributed by atoms with Gasteiger partial charge in [-0.15, -0.1) is 12.4 Å². The molecule has 1 saturated heterocycles. The number of halogens is 1. The van der Waals surface area contributed by atoms with Gasteiger partial charge in [-0.25, -0.2) is 12.7 Å². The van der Waals surface area contributed by atoms with Crippen LogP contribution in [-0.2, 0) is 10.0 Å². The zero-order valence-electron chi connectivity index (χ0n) is 11.1. The zero-order chi connectivity index (χ0) is 12.3. The maximum absolute atomic E-state index is 12.2. The van der Waals surface area contributed by atoms with Crippen molar-refractivity contribution in [1.82, 2.24) is 9.62 Å². The number of piperidine rings is 1. The molecule has 1 N–H and O–H groups in total. The van der Waals surface area contributed by atoms with Crippen LogP contribution >= 0.6 is 12.4 Å². The maximum Gasteiger partial charge on any atom is 0.214 e. The van der Waals surface area contributed by atoms with Gasteiger partial charge in [-0.2, -0.15) is 0 Å². The summed E-state index contributed by atoms with van der Waals surface area (Å²) in [5.41, 5.74) is 0. The smallest absolute Gasteiger partial charge is 0.214 e. The van der Waals surface area contributed by atoms with Crippen LogP contribution in [0, 0.1) is 11.8 Å². The van der Waals surface area contributed by atoms with Crippen molar-refractivity contribution in [2.24, 2.45) is 11.8 Å². The van der Waals surface area contributed by atoms with Gasteiger partial charge in [0, 0.05) is 13.1 Å². The van der Waals surface area contributed by atoms with Gasteiger partial charge in [0.2, 0.25) is 10.0 Å². The summed E-state index contributed by atoms with van der Waals surface area (Å²) < 4.78 is 26.1. The van der Waals surface area contributed by atoms with E-state index in [9.17, 15) is 8.42 Å². The molecule has 0 aromatic rings. The molecule has 0 aromatic carbocycles. The van der Waals surface area contributed by atoms with E-state index in [0.29, 0.717) is 24.1 Å². The van der Waals surface area contributed by atoms with Gasteiger partial charge in [0.1, 0.15) is 0 Å². The Bertz CT molecular complexity index is 342. The molecule has 1 atom stereocenters. The lowest BCUT2D eigenvalue weighted by molar-refractivity contribution is 0.263. The molecule has 1 saturated carbocycles. The Balaban J connectivity index is 0.00000162. The Hall–Kier alpha value is 0.160. The van der Waals surface area contributed by atoms with E-state index in [-0.39, 0.29) is 12.4 Å². The fraction of sp³-hybridized carbons (Fsp3) is 1.00. The summed E-state index contributed by atoms with van der Waals surface area (Å²) in [6.07, 6.45) is 5.50. The van der Waals surface area contributed by atoms with Crippen molar-refractivity contribution < 1.29 is 8.42 Å². The van der Waals surface area contributed by atoms with Crippen LogP contribution in [0.5, 0.6) is 0 Å². The molecule has 0 aromatic heterocycles. The second-order valence-corrected chi connectivity index (χ2v) is 7.56. The third-order valence-electron chi connectivity index (χ3n) is 3.85. The highest BCUT2D eigenvalue weighted by molar-refractivity contribution is 7.89. The van der Waals surface area contributed by atoms with Gasteiger partial charge < -0.3 is 5.32 Å². The summed E-state index contributed by atoms with van der Waals surface area (Å²) in [6, 6.07) is 0. The SMILES string of the molecule is CNCC1CCCN(S(=O)(=O)CCC2CC2)C1.Cl. The van der Waals surface area contributed by atoms with Crippen molar-refractivity contribution in [3.8, 4) is 0 Å². The van der Waals surface area contributed by atoms with E-state index >= 15 is 0 Å². The number of hydrogen-bond donors (Lipinski definition) is 1. The molecule has 18 heavy (non-hydrogen) atoms. The molecule has 0 amide bonds. The van der Waals surface area contributed by atoms with Crippen molar-refractivity contribution in [2.75, 3.05) is 32.4 Å². The van der Waals surface area contributed by atoms with E-state index in [1.54, 1.807) is 4.31 Å². The number of hydrogen-bond acceptors (Lipinski definition) is 3. The van der Waals surface area contributed by atoms with E-state index in [1.165, 1.54) is 12.8 Å². The lowest BCUT2D eigenvalue weighted by atomic mass is 10.00. The molecule has 4 nitrogen and oxygen atoms in total. The van der Waals surface area contributed by atoms with Crippen LogP contribution in [0.1, 0.15) is 32.1 Å². The highest BCUT2D eigenvalue weighted by atomic mass is 35.5. The second-order valence-electron chi connectivity index (χ2n) is 5.47. The Morgan fingerprint density at radius 3 is 2.56 bits per heavy atom. The minimum Gasteiger partial charge on any atom is -0.319 e. The third kappa shape index (κ3) is 4.68. The summed E-state index contributed by atoms with van der Waals surface area (Å²) in [5, 5.41) is 3.15. The number of nitrogens with one attached hydrogen (secondary N) is 1. The average molecular weight is 297 g/mol. The molecule has 1 aliphatic carbocycles. The van der Waals surface area contributed by atoms with Crippen LogP contribution in [0.25, 0.3) is 0 Å². The average Bonchev–Trinajstić information content (AvgIpc) is 3.11. The quantitative estimate of drug-likeness (QED) is 0.807. The van der Waals surface area contributed by atoms with Crippen LogP contribution in [-0.4, -0.2) is 45.2 Å². The van der Waals surface area contributed by atoms with E-state index in [4.69, 9.17) is 0 Å². The molecule has 1 heterocycles. The molecule has 2 aliphatic rings. The standard InChI is InChI=1S/C12H24N2O2S.ClH/c1-13-9-12-3-2-7-14(10-12)17(15,16)8-6-11-4-5-11;/h11-13H,2-10H2,1H3;1H. The molecule has 1 aliphatic heterocycles. The first kappa shape index (κ1) is 16.2. The van der Waals surface area contributed by atoms with Gasteiger partial charge in [0.05, 0.1) is 5.75 Å². The largest absolute Gasteiger partial charge is 0.319 e. The molecular weight excluding hydrogens is 272 g/mol. The van der Waals surface area contributed by atoms with Gasteiger partial charge in [0.15, 0.2) is 0 Å². The zero-order valence-corrected chi connectivity index (χ0v) is 12.7. The van der Waals surface area contributed by atoms with Crippen LogP contribution in [0.2, 0.25) is 0 Å². The summed E-state index contributed by atoms with van der Waals surface area (Å²) in [7, 11) is -1.05. The first-order valence-corrected chi connectivity index (χ1v) is 8.35. The predicted octanol–water partition coefficient (Wildman–Crippen LogP) is 1.47. The maximum atomic E-state index is 12.2. The molecule has 0 radical (unpaired) electrons. The first-order valence-electron chi connectivity index (χ1n) is 6.74. The molecule has 2 rings (SSSR count). The van der Waals surface area contributed by atoms with Crippen molar-refractivity contribution in [3.63, 3.8) is 0 Å². The molecule has 0 spiro atoms. The fourth-order valence-electron chi connectivity index (χ4n) is 2.59. The summed E-state index contributed by atoms with van der Waals surface area (Å²) in [4.78, 5) is 0. The highest BCUT2D eigenvalue weighted by Gasteiger charge is 2.30. The molecule has 108 valence electrons. The van der Waals surface area contributed by atoms with Crippen molar-refractivity contribution in [1.29, 1.82) is 0 Å². The van der Waals surface area contributed by atoms with Gasteiger partial charge in [-0.05, 0) is 44.7 Å². The van der Waals surface area contributed by atoms with E-state index in [1.807, 2.05) is 7.05 Å². The van der Waals surface area contributed by atoms with Crippen LogP contribution in [0.15, 0.2) is 0 Å². The van der Waals surface area contributed by atoms with E-state index in [0.717, 1.165) is 32.4 Å². The van der Waals surface area contributed by atoms with Crippen molar-refractivity contribution >= 4 is 22.4 Å². The molecular formula is C12H25ClN2O2S. The van der Waals surface area contributed by atoms with Crippen LogP contribution < -0.4 is 5.32 Å². The number of sulfonamides is 1. The van der Waals surface area contributed by atoms with Crippen molar-refractivity contribution in [3.05, 3.63) is 0 Å².